The largest absolute Gasteiger partial charge is 0.311 e. The minimum atomic E-state index is -2.62. The van der Waals surface area contributed by atoms with Gasteiger partial charge in [-0.2, -0.15) is 0 Å². The van der Waals surface area contributed by atoms with Gasteiger partial charge in [-0.3, -0.25) is 0 Å². The third kappa shape index (κ3) is 6.70. The monoisotopic (exact) mass is 894 g/mol. The van der Waals surface area contributed by atoms with Crippen molar-refractivity contribution in [3.8, 4) is 50.2 Å². The number of nitrogens with zero attached hydrogens (tertiary/aromatic N) is 2. The fourth-order valence-corrected chi connectivity index (χ4v) is 16.4. The van der Waals surface area contributed by atoms with Crippen molar-refractivity contribution in [1.29, 1.82) is 0 Å². The van der Waals surface area contributed by atoms with Crippen molar-refractivity contribution in [2.75, 3.05) is 4.90 Å². The number of hydrogen-bond donors (Lipinski definition) is 0. The smallest absolute Gasteiger partial charge is 0.180 e. The lowest BCUT2D eigenvalue weighted by atomic mass is 9.98. The van der Waals surface area contributed by atoms with Crippen LogP contribution in [0.1, 0.15) is 0 Å². The molecule has 0 aliphatic carbocycles. The zero-order valence-electron chi connectivity index (χ0n) is 38.0. The standard InChI is InChI=1S/C66H46N2Si/c1-5-18-47(19-6-1)48-32-39-53(40-33-48)67(55-43-36-50(37-44-55)58-28-17-30-63-66(58)61-27-13-15-29-62(61)68(63)52-20-7-2-8-21-52)54-41-34-49(35-42-54)51-38-45-60-59-26-14-16-31-64(59)69(65(60)46-51,56-22-9-3-10-23-56)57-24-11-4-12-25-57/h1-46H. The summed E-state index contributed by atoms with van der Waals surface area (Å²) >= 11 is 0. The molecule has 0 spiro atoms. The fraction of sp³-hybridized carbons (Fsp3) is 0. The quantitative estimate of drug-likeness (QED) is 0.131. The van der Waals surface area contributed by atoms with Gasteiger partial charge in [-0.15, -0.1) is 0 Å². The number of anilines is 3. The molecule has 0 radical (unpaired) electrons. The van der Waals surface area contributed by atoms with Crippen LogP contribution in [0.4, 0.5) is 17.1 Å². The SMILES string of the molecule is c1ccc(-c2ccc(N(c3ccc(-c4ccc5c(c4)[Si](c4ccccc4)(c4ccccc4)c4ccccc4-5)cc3)c3ccc(-c4cccc5c4c4ccccc4n5-c4ccccc4)cc3)cc2)cc1. The first-order valence-electron chi connectivity index (χ1n) is 23.8. The van der Waals surface area contributed by atoms with E-state index in [4.69, 9.17) is 0 Å². The van der Waals surface area contributed by atoms with Crippen LogP contribution in [-0.2, 0) is 0 Å². The van der Waals surface area contributed by atoms with Gasteiger partial charge in [-0.25, -0.2) is 0 Å². The lowest BCUT2D eigenvalue weighted by molar-refractivity contribution is 1.18. The number of aromatic nitrogens is 1. The van der Waals surface area contributed by atoms with Crippen LogP contribution in [0.25, 0.3) is 72.0 Å². The van der Waals surface area contributed by atoms with Gasteiger partial charge in [0.05, 0.1) is 11.0 Å². The van der Waals surface area contributed by atoms with Crippen LogP contribution < -0.4 is 25.6 Å². The summed E-state index contributed by atoms with van der Waals surface area (Å²) < 4.78 is 2.39. The Morgan fingerprint density at radius 2 is 0.739 bits per heavy atom. The molecule has 1 aliphatic rings. The summed E-state index contributed by atoms with van der Waals surface area (Å²) in [5.74, 6) is 0. The normalized spacial score (nSPS) is 12.5. The van der Waals surface area contributed by atoms with Gasteiger partial charge in [0, 0.05) is 33.5 Å². The summed E-state index contributed by atoms with van der Waals surface area (Å²) in [6.45, 7) is 0. The predicted octanol–water partition coefficient (Wildman–Crippen LogP) is 14.6. The molecule has 2 nitrogen and oxygen atoms in total. The van der Waals surface area contributed by atoms with E-state index in [0.717, 1.165) is 22.7 Å². The van der Waals surface area contributed by atoms with Crippen LogP contribution in [-0.4, -0.2) is 12.6 Å². The number of hydrogen-bond acceptors (Lipinski definition) is 1. The van der Waals surface area contributed by atoms with Gasteiger partial charge < -0.3 is 9.47 Å². The minimum absolute atomic E-state index is 1.09. The molecule has 0 saturated carbocycles. The first kappa shape index (κ1) is 40.5. The van der Waals surface area contributed by atoms with E-state index < -0.39 is 8.07 Å². The van der Waals surface area contributed by atoms with Gasteiger partial charge in [-0.1, -0.05) is 218 Å². The average molecular weight is 895 g/mol. The van der Waals surface area contributed by atoms with Crippen LogP contribution in [0.3, 0.4) is 0 Å². The molecule has 0 atom stereocenters. The summed E-state index contributed by atoms with van der Waals surface area (Å²) in [6, 6.07) is 103. The van der Waals surface area contributed by atoms with Crippen molar-refractivity contribution in [3.05, 3.63) is 279 Å². The third-order valence-corrected chi connectivity index (χ3v) is 19.2. The van der Waals surface area contributed by atoms with Gasteiger partial charge in [0.25, 0.3) is 0 Å². The van der Waals surface area contributed by atoms with Crippen molar-refractivity contribution in [2.45, 2.75) is 0 Å². The molecule has 0 amide bonds. The van der Waals surface area contributed by atoms with Crippen LogP contribution in [0.15, 0.2) is 279 Å². The zero-order chi connectivity index (χ0) is 45.7. The second-order valence-electron chi connectivity index (χ2n) is 18.0. The molecule has 3 heteroatoms. The van der Waals surface area contributed by atoms with Crippen LogP contribution >= 0.6 is 0 Å². The van der Waals surface area contributed by atoms with E-state index in [-0.39, 0.29) is 0 Å². The molecule has 0 unspecified atom stereocenters. The topological polar surface area (TPSA) is 8.17 Å². The third-order valence-electron chi connectivity index (χ3n) is 14.3. The second-order valence-corrected chi connectivity index (χ2v) is 21.7. The Morgan fingerprint density at radius 3 is 1.38 bits per heavy atom. The van der Waals surface area contributed by atoms with Gasteiger partial charge in [0.2, 0.25) is 0 Å². The van der Waals surface area contributed by atoms with E-state index >= 15 is 0 Å². The van der Waals surface area contributed by atoms with Crippen molar-refractivity contribution < 1.29 is 0 Å². The molecule has 0 N–H and O–H groups in total. The summed E-state index contributed by atoms with van der Waals surface area (Å²) in [7, 11) is -2.62. The summed E-state index contributed by atoms with van der Waals surface area (Å²) in [5.41, 5.74) is 16.8. The van der Waals surface area contributed by atoms with E-state index in [0.29, 0.717) is 0 Å². The highest BCUT2D eigenvalue weighted by molar-refractivity contribution is 7.22. The van der Waals surface area contributed by atoms with E-state index in [2.05, 4.69) is 289 Å². The predicted molar refractivity (Wildman–Crippen MR) is 294 cm³/mol. The molecule has 11 aromatic carbocycles. The molecule has 0 saturated heterocycles. The molecule has 69 heavy (non-hydrogen) atoms. The average Bonchev–Trinajstić information content (AvgIpc) is 3.93. The Hall–Kier alpha value is -8.76. The molecular weight excluding hydrogens is 849 g/mol. The summed E-state index contributed by atoms with van der Waals surface area (Å²) in [5, 5.41) is 8.23. The first-order valence-corrected chi connectivity index (χ1v) is 25.8. The van der Waals surface area contributed by atoms with Crippen LogP contribution in [0, 0.1) is 0 Å². The molecule has 1 aliphatic heterocycles. The Kier molecular flexibility index (Phi) is 9.88. The highest BCUT2D eigenvalue weighted by Gasteiger charge is 2.48. The number of rotatable bonds is 9. The molecule has 0 bridgehead atoms. The van der Waals surface area contributed by atoms with Crippen molar-refractivity contribution >= 4 is 67.7 Å². The highest BCUT2D eigenvalue weighted by atomic mass is 28.3. The fourth-order valence-electron chi connectivity index (χ4n) is 11.2. The maximum atomic E-state index is 2.51. The molecular formula is C66H46N2Si. The molecule has 2 heterocycles. The lowest BCUT2D eigenvalue weighted by Gasteiger charge is -2.31. The van der Waals surface area contributed by atoms with E-state index in [1.807, 2.05) is 0 Å². The lowest BCUT2D eigenvalue weighted by Crippen LogP contribution is -2.72. The van der Waals surface area contributed by atoms with Crippen LogP contribution in [0.2, 0.25) is 0 Å². The van der Waals surface area contributed by atoms with Gasteiger partial charge in [0.1, 0.15) is 0 Å². The second kappa shape index (κ2) is 16.8. The molecule has 13 rings (SSSR count). The number of fused-ring (bicyclic) bond motifs is 6. The Balaban J connectivity index is 0.911. The molecule has 324 valence electrons. The molecule has 0 fully saturated rings. The zero-order valence-corrected chi connectivity index (χ0v) is 39.0. The van der Waals surface area contributed by atoms with Crippen LogP contribution in [0.5, 0.6) is 0 Å². The Labute approximate surface area is 404 Å². The van der Waals surface area contributed by atoms with Crippen molar-refractivity contribution in [3.63, 3.8) is 0 Å². The maximum absolute atomic E-state index is 2.62. The summed E-state index contributed by atoms with van der Waals surface area (Å²) in [4.78, 5) is 2.38. The van der Waals surface area contributed by atoms with E-state index in [1.165, 1.54) is 87.1 Å². The van der Waals surface area contributed by atoms with E-state index in [1.54, 1.807) is 0 Å². The van der Waals surface area contributed by atoms with Crippen molar-refractivity contribution in [1.82, 2.24) is 4.57 Å². The summed E-state index contributed by atoms with van der Waals surface area (Å²) in [6.07, 6.45) is 0. The number of benzene rings is 11. The van der Waals surface area contributed by atoms with Gasteiger partial charge in [-0.05, 0) is 126 Å². The minimum Gasteiger partial charge on any atom is -0.311 e. The highest BCUT2D eigenvalue weighted by Crippen LogP contribution is 2.42. The van der Waals surface area contributed by atoms with Gasteiger partial charge >= 0.3 is 0 Å². The Bertz CT molecular complexity index is 3750. The van der Waals surface area contributed by atoms with Crippen molar-refractivity contribution in [2.24, 2.45) is 0 Å². The number of para-hydroxylation sites is 2. The molecule has 12 aromatic rings. The van der Waals surface area contributed by atoms with Gasteiger partial charge in [0.15, 0.2) is 8.07 Å². The first-order chi connectivity index (χ1) is 34.2. The maximum Gasteiger partial charge on any atom is 0.180 e. The van der Waals surface area contributed by atoms with E-state index in [9.17, 15) is 0 Å². The Morgan fingerprint density at radius 1 is 0.290 bits per heavy atom. The molecule has 1 aromatic heterocycles.